The van der Waals surface area contributed by atoms with Crippen molar-refractivity contribution in [1.29, 1.82) is 0 Å². The summed E-state index contributed by atoms with van der Waals surface area (Å²) in [6.07, 6.45) is 1.84. The summed E-state index contributed by atoms with van der Waals surface area (Å²) in [5.74, 6) is 0. The van der Waals surface area contributed by atoms with Crippen LogP contribution in [-0.4, -0.2) is 23.0 Å². The highest BCUT2D eigenvalue weighted by Gasteiger charge is 2.18. The number of nitrogens with two attached hydrogens (primary N) is 1. The fraction of sp³-hybridized carbons (Fsp3) is 0.353. The lowest BCUT2D eigenvalue weighted by Gasteiger charge is -2.30. The van der Waals surface area contributed by atoms with Crippen LogP contribution >= 0.6 is 0 Å². The molecular weight excluding hydrogens is 246 g/mol. The van der Waals surface area contributed by atoms with Crippen LogP contribution < -0.4 is 5.73 Å². The summed E-state index contributed by atoms with van der Waals surface area (Å²) in [6, 6.07) is 14.9. The molecule has 20 heavy (non-hydrogen) atoms. The SMILES string of the molecule is CCN(Cc1ccccn1)C(CN)c1cccc(C)c1. The Balaban J connectivity index is 2.19. The van der Waals surface area contributed by atoms with Crippen LogP contribution in [0.4, 0.5) is 0 Å². The van der Waals surface area contributed by atoms with E-state index >= 15 is 0 Å². The molecule has 0 fully saturated rings. The molecule has 2 rings (SSSR count). The van der Waals surface area contributed by atoms with Crippen molar-refractivity contribution in [2.75, 3.05) is 13.1 Å². The zero-order chi connectivity index (χ0) is 14.4. The van der Waals surface area contributed by atoms with Crippen molar-refractivity contribution in [3.8, 4) is 0 Å². The first-order chi connectivity index (χ1) is 9.74. The van der Waals surface area contributed by atoms with E-state index in [2.05, 4.69) is 54.1 Å². The van der Waals surface area contributed by atoms with Crippen molar-refractivity contribution < 1.29 is 0 Å². The van der Waals surface area contributed by atoms with E-state index in [1.165, 1.54) is 11.1 Å². The molecule has 106 valence electrons. The van der Waals surface area contributed by atoms with Crippen LogP contribution in [0.2, 0.25) is 0 Å². The summed E-state index contributed by atoms with van der Waals surface area (Å²) >= 11 is 0. The molecule has 2 aromatic rings. The second-order valence-electron chi connectivity index (χ2n) is 5.05. The molecule has 3 heteroatoms. The van der Waals surface area contributed by atoms with Gasteiger partial charge >= 0.3 is 0 Å². The quantitative estimate of drug-likeness (QED) is 0.876. The van der Waals surface area contributed by atoms with Gasteiger partial charge in [-0.25, -0.2) is 0 Å². The number of benzene rings is 1. The van der Waals surface area contributed by atoms with Crippen LogP contribution in [0.3, 0.4) is 0 Å². The van der Waals surface area contributed by atoms with Crippen LogP contribution in [0.5, 0.6) is 0 Å². The molecule has 1 aromatic carbocycles. The molecule has 1 atom stereocenters. The van der Waals surface area contributed by atoms with Gasteiger partial charge in [0.25, 0.3) is 0 Å². The fourth-order valence-corrected chi connectivity index (χ4v) is 2.52. The van der Waals surface area contributed by atoms with Gasteiger partial charge in [0.15, 0.2) is 0 Å². The first-order valence-electron chi connectivity index (χ1n) is 7.15. The largest absolute Gasteiger partial charge is 0.329 e. The Labute approximate surface area is 121 Å². The third kappa shape index (κ3) is 3.65. The molecule has 0 aliphatic rings. The van der Waals surface area contributed by atoms with Gasteiger partial charge in [0.2, 0.25) is 0 Å². The second-order valence-corrected chi connectivity index (χ2v) is 5.05. The molecule has 0 aliphatic carbocycles. The van der Waals surface area contributed by atoms with E-state index in [1.54, 1.807) is 0 Å². The number of hydrogen-bond acceptors (Lipinski definition) is 3. The van der Waals surface area contributed by atoms with Gasteiger partial charge in [-0.2, -0.15) is 0 Å². The van der Waals surface area contributed by atoms with Crippen molar-refractivity contribution >= 4 is 0 Å². The lowest BCUT2D eigenvalue weighted by Crippen LogP contribution is -2.33. The summed E-state index contributed by atoms with van der Waals surface area (Å²) in [5, 5.41) is 0. The minimum atomic E-state index is 0.238. The molecule has 1 unspecified atom stereocenters. The topological polar surface area (TPSA) is 42.2 Å². The molecule has 0 saturated heterocycles. The van der Waals surface area contributed by atoms with Crippen molar-refractivity contribution in [3.05, 3.63) is 65.5 Å². The summed E-state index contributed by atoms with van der Waals surface area (Å²) in [5.41, 5.74) is 9.66. The van der Waals surface area contributed by atoms with Gasteiger partial charge in [0.05, 0.1) is 5.69 Å². The lowest BCUT2D eigenvalue weighted by molar-refractivity contribution is 0.201. The van der Waals surface area contributed by atoms with Gasteiger partial charge in [0.1, 0.15) is 0 Å². The highest BCUT2D eigenvalue weighted by atomic mass is 15.2. The van der Waals surface area contributed by atoms with Gasteiger partial charge in [-0.15, -0.1) is 0 Å². The van der Waals surface area contributed by atoms with Gasteiger partial charge < -0.3 is 5.73 Å². The standard InChI is InChI=1S/C17H23N3/c1-3-20(13-16-9-4-5-10-19-16)17(12-18)15-8-6-7-14(2)11-15/h4-11,17H,3,12-13,18H2,1-2H3. The fourth-order valence-electron chi connectivity index (χ4n) is 2.52. The Morgan fingerprint density at radius 1 is 1.20 bits per heavy atom. The predicted octanol–water partition coefficient (Wildman–Crippen LogP) is 2.91. The van der Waals surface area contributed by atoms with Crippen LogP contribution in [0, 0.1) is 6.92 Å². The van der Waals surface area contributed by atoms with Gasteiger partial charge in [-0.1, -0.05) is 42.8 Å². The first-order valence-corrected chi connectivity index (χ1v) is 7.15. The van der Waals surface area contributed by atoms with E-state index in [0.717, 1.165) is 18.8 Å². The van der Waals surface area contributed by atoms with Crippen molar-refractivity contribution in [3.63, 3.8) is 0 Å². The summed E-state index contributed by atoms with van der Waals surface area (Å²) in [4.78, 5) is 6.78. The zero-order valence-corrected chi connectivity index (χ0v) is 12.3. The van der Waals surface area contributed by atoms with Crippen molar-refractivity contribution in [2.24, 2.45) is 5.73 Å². The molecular formula is C17H23N3. The third-order valence-corrected chi connectivity index (χ3v) is 3.59. The Bertz CT molecular complexity index is 525. The Kier molecular flexibility index (Phi) is 5.27. The van der Waals surface area contributed by atoms with E-state index in [1.807, 2.05) is 18.3 Å². The molecule has 2 N–H and O–H groups in total. The van der Waals surface area contributed by atoms with Crippen molar-refractivity contribution in [2.45, 2.75) is 26.4 Å². The molecule has 1 heterocycles. The molecule has 3 nitrogen and oxygen atoms in total. The van der Waals surface area contributed by atoms with E-state index in [4.69, 9.17) is 5.73 Å². The lowest BCUT2D eigenvalue weighted by atomic mass is 10.0. The number of likely N-dealkylation sites (N-methyl/N-ethyl adjacent to an activating group) is 1. The minimum Gasteiger partial charge on any atom is -0.329 e. The van der Waals surface area contributed by atoms with Gasteiger partial charge in [-0.3, -0.25) is 9.88 Å². The minimum absolute atomic E-state index is 0.238. The number of nitrogens with zero attached hydrogens (tertiary/aromatic N) is 2. The number of hydrogen-bond donors (Lipinski definition) is 1. The van der Waals surface area contributed by atoms with E-state index in [9.17, 15) is 0 Å². The molecule has 0 amide bonds. The number of rotatable bonds is 6. The smallest absolute Gasteiger partial charge is 0.0544 e. The summed E-state index contributed by atoms with van der Waals surface area (Å²) < 4.78 is 0. The maximum absolute atomic E-state index is 6.02. The number of aromatic nitrogens is 1. The highest BCUT2D eigenvalue weighted by molar-refractivity contribution is 5.25. The van der Waals surface area contributed by atoms with Crippen LogP contribution in [0.25, 0.3) is 0 Å². The predicted molar refractivity (Wildman–Crippen MR) is 83.3 cm³/mol. The maximum atomic E-state index is 6.02. The van der Waals surface area contributed by atoms with E-state index in [-0.39, 0.29) is 6.04 Å². The van der Waals surface area contributed by atoms with Crippen molar-refractivity contribution in [1.82, 2.24) is 9.88 Å². The first kappa shape index (κ1) is 14.7. The van der Waals surface area contributed by atoms with Crippen LogP contribution in [-0.2, 0) is 6.54 Å². The summed E-state index contributed by atoms with van der Waals surface area (Å²) in [6.45, 7) is 6.68. The molecule has 0 saturated carbocycles. The monoisotopic (exact) mass is 269 g/mol. The Hall–Kier alpha value is -1.71. The van der Waals surface area contributed by atoms with E-state index < -0.39 is 0 Å². The summed E-state index contributed by atoms with van der Waals surface area (Å²) in [7, 11) is 0. The van der Waals surface area contributed by atoms with E-state index in [0.29, 0.717) is 6.54 Å². The number of pyridine rings is 1. The zero-order valence-electron chi connectivity index (χ0n) is 12.3. The normalized spacial score (nSPS) is 12.6. The number of aryl methyl sites for hydroxylation is 1. The van der Waals surface area contributed by atoms with Gasteiger partial charge in [0, 0.05) is 25.3 Å². The van der Waals surface area contributed by atoms with Gasteiger partial charge in [-0.05, 0) is 31.2 Å². The molecule has 1 aromatic heterocycles. The second kappa shape index (κ2) is 7.17. The molecule has 0 bridgehead atoms. The Morgan fingerprint density at radius 2 is 2.05 bits per heavy atom. The highest BCUT2D eigenvalue weighted by Crippen LogP contribution is 2.22. The van der Waals surface area contributed by atoms with Crippen LogP contribution in [0.15, 0.2) is 48.7 Å². The molecule has 0 spiro atoms. The maximum Gasteiger partial charge on any atom is 0.0544 e. The third-order valence-electron chi connectivity index (χ3n) is 3.59. The average molecular weight is 269 g/mol. The average Bonchev–Trinajstić information content (AvgIpc) is 2.48. The Morgan fingerprint density at radius 3 is 2.65 bits per heavy atom. The molecule has 0 aliphatic heterocycles. The molecule has 0 radical (unpaired) electrons. The van der Waals surface area contributed by atoms with Crippen LogP contribution in [0.1, 0.15) is 29.8 Å².